The maximum Gasteiger partial charge on any atom is 0.0473 e. The molecule has 4 atom stereocenters. The van der Waals surface area contributed by atoms with Crippen LogP contribution in [0.4, 0.5) is 0 Å². The van der Waals surface area contributed by atoms with Crippen LogP contribution in [-0.4, -0.2) is 24.0 Å². The number of rotatable bonds is 3. The van der Waals surface area contributed by atoms with Crippen LogP contribution in [-0.2, 0) is 0 Å². The molecule has 0 aromatic heterocycles. The van der Waals surface area contributed by atoms with Gasteiger partial charge in [-0.15, -0.1) is 0 Å². The highest BCUT2D eigenvalue weighted by Crippen LogP contribution is 2.33. The van der Waals surface area contributed by atoms with E-state index >= 15 is 0 Å². The third kappa shape index (κ3) is 3.39. The molecule has 1 heterocycles. The normalized spacial score (nSPS) is 30.3. The van der Waals surface area contributed by atoms with Gasteiger partial charge < -0.3 is 5.73 Å². The third-order valence-corrected chi connectivity index (χ3v) is 5.05. The minimum Gasteiger partial charge on any atom is -0.329 e. The maximum atomic E-state index is 6.07. The average Bonchev–Trinajstić information content (AvgIpc) is 2.38. The average molecular weight is 325 g/mol. The zero-order valence-corrected chi connectivity index (χ0v) is 13.7. The Morgan fingerprint density at radius 3 is 2.47 bits per heavy atom. The van der Waals surface area contributed by atoms with Crippen LogP contribution >= 0.6 is 15.9 Å². The van der Waals surface area contributed by atoms with Gasteiger partial charge in [-0.25, -0.2) is 0 Å². The van der Waals surface area contributed by atoms with E-state index in [1.165, 1.54) is 12.0 Å². The first kappa shape index (κ1) is 15.0. The van der Waals surface area contributed by atoms with Crippen LogP contribution in [0, 0.1) is 11.8 Å². The van der Waals surface area contributed by atoms with Crippen molar-refractivity contribution in [1.29, 1.82) is 0 Å². The molecule has 0 radical (unpaired) electrons. The molecule has 3 heteroatoms. The largest absolute Gasteiger partial charge is 0.329 e. The van der Waals surface area contributed by atoms with E-state index in [0.717, 1.165) is 22.9 Å². The lowest BCUT2D eigenvalue weighted by Gasteiger charge is -2.45. The van der Waals surface area contributed by atoms with E-state index in [2.05, 4.69) is 65.9 Å². The minimum absolute atomic E-state index is 0.341. The summed E-state index contributed by atoms with van der Waals surface area (Å²) in [6, 6.07) is 9.55. The summed E-state index contributed by atoms with van der Waals surface area (Å²) >= 11 is 3.50. The lowest BCUT2D eigenvalue weighted by Crippen LogP contribution is -2.49. The van der Waals surface area contributed by atoms with Crippen molar-refractivity contribution in [3.05, 3.63) is 34.3 Å². The molecule has 19 heavy (non-hydrogen) atoms. The van der Waals surface area contributed by atoms with Crippen molar-refractivity contribution in [3.8, 4) is 0 Å². The summed E-state index contributed by atoms with van der Waals surface area (Å²) in [6.45, 7) is 8.90. The number of nitrogens with two attached hydrogens (primary N) is 1. The predicted molar refractivity (Wildman–Crippen MR) is 85.1 cm³/mol. The van der Waals surface area contributed by atoms with E-state index in [9.17, 15) is 0 Å². The van der Waals surface area contributed by atoms with Gasteiger partial charge in [0.2, 0.25) is 0 Å². The smallest absolute Gasteiger partial charge is 0.0473 e. The van der Waals surface area contributed by atoms with E-state index in [1.54, 1.807) is 0 Å². The van der Waals surface area contributed by atoms with Gasteiger partial charge in [-0.1, -0.05) is 41.9 Å². The summed E-state index contributed by atoms with van der Waals surface area (Å²) in [5, 5.41) is 0. The van der Waals surface area contributed by atoms with Crippen LogP contribution in [0.15, 0.2) is 28.7 Å². The van der Waals surface area contributed by atoms with Crippen LogP contribution < -0.4 is 5.73 Å². The molecule has 4 unspecified atom stereocenters. The Kier molecular flexibility index (Phi) is 5.04. The summed E-state index contributed by atoms with van der Waals surface area (Å²) in [7, 11) is 0. The first-order valence-corrected chi connectivity index (χ1v) is 8.03. The molecule has 1 aliphatic heterocycles. The van der Waals surface area contributed by atoms with Crippen molar-refractivity contribution < 1.29 is 0 Å². The van der Waals surface area contributed by atoms with E-state index in [4.69, 9.17) is 5.73 Å². The van der Waals surface area contributed by atoms with Gasteiger partial charge in [-0.3, -0.25) is 4.90 Å². The number of nitrogens with zero attached hydrogens (tertiary/aromatic N) is 1. The summed E-state index contributed by atoms with van der Waals surface area (Å²) in [5.74, 6) is 1.50. The lowest BCUT2D eigenvalue weighted by molar-refractivity contribution is 0.0424. The Balaban J connectivity index is 2.22. The highest BCUT2D eigenvalue weighted by Gasteiger charge is 2.33. The SMILES string of the molecule is CC1CC(C)C(C)N(C(CN)c2ccc(Br)cc2)C1. The van der Waals surface area contributed by atoms with Crippen LogP contribution in [0.2, 0.25) is 0 Å². The molecule has 106 valence electrons. The van der Waals surface area contributed by atoms with Crippen LogP contribution in [0.1, 0.15) is 38.8 Å². The number of hydrogen-bond acceptors (Lipinski definition) is 2. The van der Waals surface area contributed by atoms with Gasteiger partial charge in [0.05, 0.1) is 0 Å². The fraction of sp³-hybridized carbons (Fsp3) is 0.625. The molecule has 2 N–H and O–H groups in total. The second kappa shape index (κ2) is 6.38. The zero-order chi connectivity index (χ0) is 14.0. The van der Waals surface area contributed by atoms with Gasteiger partial charge in [-0.2, -0.15) is 0 Å². The summed E-state index contributed by atoms with van der Waals surface area (Å²) in [6.07, 6.45) is 1.33. The highest BCUT2D eigenvalue weighted by atomic mass is 79.9. The minimum atomic E-state index is 0.341. The predicted octanol–water partition coefficient (Wildman–Crippen LogP) is 3.82. The van der Waals surface area contributed by atoms with Crippen molar-refractivity contribution in [2.24, 2.45) is 17.6 Å². The molecule has 1 fully saturated rings. The number of hydrogen-bond donors (Lipinski definition) is 1. The van der Waals surface area contributed by atoms with Crippen molar-refractivity contribution >= 4 is 15.9 Å². The third-order valence-electron chi connectivity index (χ3n) is 4.52. The fourth-order valence-corrected chi connectivity index (χ4v) is 3.58. The number of benzene rings is 1. The topological polar surface area (TPSA) is 29.3 Å². The standard InChI is InChI=1S/C16H25BrN2/c1-11-8-12(2)13(3)19(10-11)16(9-18)14-4-6-15(17)7-5-14/h4-7,11-13,16H,8-10,18H2,1-3H3. The summed E-state index contributed by atoms with van der Waals surface area (Å²) < 4.78 is 1.13. The second-order valence-electron chi connectivity index (χ2n) is 6.06. The fourth-order valence-electron chi connectivity index (χ4n) is 3.32. The molecule has 0 bridgehead atoms. The van der Waals surface area contributed by atoms with Gasteiger partial charge in [0, 0.05) is 29.6 Å². The van der Waals surface area contributed by atoms with E-state index in [-0.39, 0.29) is 0 Å². The Hall–Kier alpha value is -0.380. The monoisotopic (exact) mass is 324 g/mol. The van der Waals surface area contributed by atoms with Crippen LogP contribution in [0.3, 0.4) is 0 Å². The van der Waals surface area contributed by atoms with Crippen molar-refractivity contribution in [2.45, 2.75) is 39.3 Å². The molecular weight excluding hydrogens is 300 g/mol. The van der Waals surface area contributed by atoms with E-state index < -0.39 is 0 Å². The van der Waals surface area contributed by atoms with Gasteiger partial charge in [0.1, 0.15) is 0 Å². The Morgan fingerprint density at radius 1 is 1.26 bits per heavy atom. The second-order valence-corrected chi connectivity index (χ2v) is 6.97. The molecule has 0 aliphatic carbocycles. The zero-order valence-electron chi connectivity index (χ0n) is 12.1. The molecule has 2 nitrogen and oxygen atoms in total. The maximum absolute atomic E-state index is 6.07. The Bertz CT molecular complexity index is 404. The molecule has 0 saturated carbocycles. The Morgan fingerprint density at radius 2 is 1.89 bits per heavy atom. The molecular formula is C16H25BrN2. The molecule has 2 rings (SSSR count). The van der Waals surface area contributed by atoms with Gasteiger partial charge in [0.25, 0.3) is 0 Å². The van der Waals surface area contributed by atoms with Gasteiger partial charge >= 0.3 is 0 Å². The van der Waals surface area contributed by atoms with Gasteiger partial charge in [-0.05, 0) is 42.9 Å². The molecule has 1 aromatic rings. The Labute approximate surface area is 125 Å². The van der Waals surface area contributed by atoms with Crippen molar-refractivity contribution in [3.63, 3.8) is 0 Å². The summed E-state index contributed by atoms with van der Waals surface area (Å²) in [4.78, 5) is 2.60. The molecule has 0 amide bonds. The van der Waals surface area contributed by atoms with E-state index in [1.807, 2.05) is 0 Å². The quantitative estimate of drug-likeness (QED) is 0.915. The highest BCUT2D eigenvalue weighted by molar-refractivity contribution is 9.10. The number of piperidine rings is 1. The molecule has 0 spiro atoms. The van der Waals surface area contributed by atoms with E-state index in [0.29, 0.717) is 18.6 Å². The molecule has 1 saturated heterocycles. The van der Waals surface area contributed by atoms with Crippen molar-refractivity contribution in [2.75, 3.05) is 13.1 Å². The van der Waals surface area contributed by atoms with Crippen LogP contribution in [0.25, 0.3) is 0 Å². The first-order valence-electron chi connectivity index (χ1n) is 7.24. The first-order chi connectivity index (χ1) is 9.02. The molecule has 1 aliphatic rings. The lowest BCUT2D eigenvalue weighted by atomic mass is 9.84. The van der Waals surface area contributed by atoms with Crippen molar-refractivity contribution in [1.82, 2.24) is 4.90 Å². The number of halogens is 1. The number of likely N-dealkylation sites (tertiary alicyclic amines) is 1. The van der Waals surface area contributed by atoms with Gasteiger partial charge in [0.15, 0.2) is 0 Å². The van der Waals surface area contributed by atoms with Crippen LogP contribution in [0.5, 0.6) is 0 Å². The summed E-state index contributed by atoms with van der Waals surface area (Å²) in [5.41, 5.74) is 7.41. The molecule has 1 aromatic carbocycles.